The van der Waals surface area contributed by atoms with Crippen molar-refractivity contribution in [1.82, 2.24) is 0 Å². The molecule has 0 spiro atoms. The van der Waals surface area contributed by atoms with Crippen molar-refractivity contribution >= 4 is 52.1 Å². The molecule has 0 aliphatic carbocycles. The Hall–Kier alpha value is -6.45. The highest BCUT2D eigenvalue weighted by Gasteiger charge is 2.17. The normalized spacial score (nSPS) is 11.7. The van der Waals surface area contributed by atoms with Crippen molar-refractivity contribution in [2.24, 2.45) is 15.0 Å². The van der Waals surface area contributed by atoms with Crippen molar-refractivity contribution in [3.63, 3.8) is 0 Å². The minimum atomic E-state index is 0.476. The Balaban J connectivity index is 0.00000160. The zero-order valence-corrected chi connectivity index (χ0v) is 36.3. The number of aliphatic imine (C=N–C) groups is 3. The van der Waals surface area contributed by atoms with E-state index in [4.69, 9.17) is 9.98 Å². The molecule has 0 fully saturated rings. The molecule has 298 valence electrons. The summed E-state index contributed by atoms with van der Waals surface area (Å²) in [5.74, 6) is 1.13. The van der Waals surface area contributed by atoms with Gasteiger partial charge in [-0.25, -0.2) is 9.98 Å². The van der Waals surface area contributed by atoms with E-state index in [9.17, 15) is 0 Å². The highest BCUT2D eigenvalue weighted by molar-refractivity contribution is 6.13. The third kappa shape index (κ3) is 10.4. The first-order valence-corrected chi connectivity index (χ1v) is 21.2. The van der Waals surface area contributed by atoms with E-state index in [1.165, 1.54) is 43.8 Å². The Morgan fingerprint density at radius 1 is 0.576 bits per heavy atom. The van der Waals surface area contributed by atoms with Gasteiger partial charge in [0.1, 0.15) is 0 Å². The zero-order chi connectivity index (χ0) is 42.1. The fourth-order valence-electron chi connectivity index (χ4n) is 7.45. The van der Waals surface area contributed by atoms with Gasteiger partial charge in [0.25, 0.3) is 0 Å². The summed E-state index contributed by atoms with van der Waals surface area (Å²) in [5, 5.41) is 4.93. The van der Waals surface area contributed by atoms with Crippen LogP contribution in [0.2, 0.25) is 0 Å². The van der Waals surface area contributed by atoms with Crippen LogP contribution in [-0.2, 0) is 13.0 Å². The lowest BCUT2D eigenvalue weighted by molar-refractivity contribution is 1.06. The average molecular weight is 774 g/mol. The van der Waals surface area contributed by atoms with E-state index in [2.05, 4.69) is 155 Å². The molecule has 7 aromatic rings. The summed E-state index contributed by atoms with van der Waals surface area (Å²) in [4.78, 5) is 14.7. The summed E-state index contributed by atoms with van der Waals surface area (Å²) in [7, 11) is 0. The van der Waals surface area contributed by atoms with Crippen LogP contribution in [0.3, 0.4) is 0 Å². The summed E-state index contributed by atoms with van der Waals surface area (Å²) in [6.45, 7) is 21.2. The van der Waals surface area contributed by atoms with Crippen LogP contribution in [-0.4, -0.2) is 18.4 Å². The first-order chi connectivity index (χ1) is 29.0. The summed E-state index contributed by atoms with van der Waals surface area (Å²) < 4.78 is 0. The molecule has 0 saturated heterocycles. The molecular formula is C56H59N3. The topological polar surface area (TPSA) is 37.1 Å². The monoisotopic (exact) mass is 773 g/mol. The number of benzene rings is 7. The van der Waals surface area contributed by atoms with Crippen molar-refractivity contribution in [2.75, 3.05) is 0 Å². The maximum absolute atomic E-state index is 5.18. The highest BCUT2D eigenvalue weighted by atomic mass is 15.0. The number of amidine groups is 2. The van der Waals surface area contributed by atoms with Crippen molar-refractivity contribution < 1.29 is 0 Å². The predicted octanol–water partition coefficient (Wildman–Crippen LogP) is 15.8. The van der Waals surface area contributed by atoms with Crippen LogP contribution in [0, 0.1) is 6.92 Å². The molecule has 0 aliphatic heterocycles. The number of hydrogen-bond acceptors (Lipinski definition) is 1. The first-order valence-electron chi connectivity index (χ1n) is 21.2. The first kappa shape index (κ1) is 43.7. The fraction of sp³-hybridized carbons (Fsp3) is 0.196. The third-order valence-corrected chi connectivity index (χ3v) is 10.2. The number of nitrogens with zero attached hydrogens (tertiary/aromatic N) is 3. The van der Waals surface area contributed by atoms with E-state index in [-0.39, 0.29) is 0 Å². The molecular weight excluding hydrogens is 715 g/mol. The molecule has 0 unspecified atom stereocenters. The molecule has 0 radical (unpaired) electrons. The predicted molar refractivity (Wildman–Crippen MR) is 262 cm³/mol. The number of hydrogen-bond donors (Lipinski definition) is 0. The Morgan fingerprint density at radius 2 is 1.20 bits per heavy atom. The lowest BCUT2D eigenvalue weighted by atomic mass is 9.86. The summed E-state index contributed by atoms with van der Waals surface area (Å²) >= 11 is 0. The van der Waals surface area contributed by atoms with Gasteiger partial charge < -0.3 is 0 Å². The maximum Gasteiger partial charge on any atom is 0.161 e. The SMILES string of the molecule is C=NC(=NC(=NCc1ccccc1)c1cc(-c2ccc3ccccc3c2)cc(-c2ccc3c(/C=C\CC)c(C)c(CC)c(/C=C\C)c3c2)c1)c1ccccc1.CC.CC. The Labute approximate surface area is 353 Å². The van der Waals surface area contributed by atoms with Crippen LogP contribution in [0.5, 0.6) is 0 Å². The fourth-order valence-corrected chi connectivity index (χ4v) is 7.45. The van der Waals surface area contributed by atoms with Gasteiger partial charge >= 0.3 is 0 Å². The second-order valence-corrected chi connectivity index (χ2v) is 13.8. The molecule has 0 bridgehead atoms. The van der Waals surface area contributed by atoms with E-state index in [1.54, 1.807) is 0 Å². The molecule has 7 aromatic carbocycles. The van der Waals surface area contributed by atoms with Gasteiger partial charge in [-0.1, -0.05) is 175 Å². The smallest absolute Gasteiger partial charge is 0.161 e. The highest BCUT2D eigenvalue weighted by Crippen LogP contribution is 2.37. The standard InChI is InChI=1S/C52H47N3.2C2H6/c1-6-9-25-47-36(4)46(8-3)48(18-7-2)50-34-42(28-29-49(47)50)44-31-43(41-27-26-38-21-16-17-24-40(38)30-41)32-45(33-44)52(54-35-37-19-12-10-13-20-37)55-51(53-5)39-22-14-11-15-23-39;2*1-2/h7,9-34H,5-6,8,35H2,1-4H3;2*1-2H3/b18-7-,25-9-,54-52?,55-51?;;. The molecule has 3 nitrogen and oxygen atoms in total. The molecule has 0 heterocycles. The van der Waals surface area contributed by atoms with Crippen molar-refractivity contribution in [2.45, 2.75) is 74.8 Å². The van der Waals surface area contributed by atoms with Gasteiger partial charge in [-0.2, -0.15) is 0 Å². The molecule has 59 heavy (non-hydrogen) atoms. The second-order valence-electron chi connectivity index (χ2n) is 13.8. The quantitative estimate of drug-likeness (QED) is 0.0981. The summed E-state index contributed by atoms with van der Waals surface area (Å²) in [6, 6.07) is 49.2. The van der Waals surface area contributed by atoms with Gasteiger partial charge in [0.05, 0.1) is 6.54 Å². The Morgan fingerprint density at radius 3 is 1.85 bits per heavy atom. The largest absolute Gasteiger partial charge is 0.261 e. The van der Waals surface area contributed by atoms with Crippen molar-refractivity contribution in [1.29, 1.82) is 0 Å². The minimum absolute atomic E-state index is 0.476. The van der Waals surface area contributed by atoms with Gasteiger partial charge in [0, 0.05) is 11.1 Å². The van der Waals surface area contributed by atoms with E-state index in [0.29, 0.717) is 18.2 Å². The number of allylic oxidation sites excluding steroid dienone is 2. The lowest BCUT2D eigenvalue weighted by Crippen LogP contribution is -2.06. The minimum Gasteiger partial charge on any atom is -0.261 e. The van der Waals surface area contributed by atoms with Gasteiger partial charge in [0.2, 0.25) is 0 Å². The maximum atomic E-state index is 5.18. The Kier molecular flexibility index (Phi) is 16.2. The van der Waals surface area contributed by atoms with Crippen LogP contribution < -0.4 is 0 Å². The molecule has 0 aliphatic rings. The number of rotatable bonds is 10. The van der Waals surface area contributed by atoms with Gasteiger partial charge in [-0.15, -0.1) is 0 Å². The van der Waals surface area contributed by atoms with Crippen molar-refractivity contribution in [3.8, 4) is 22.3 Å². The molecule has 3 heteroatoms. The van der Waals surface area contributed by atoms with Crippen LogP contribution in [0.1, 0.15) is 93.8 Å². The Bertz CT molecular complexity index is 2610. The van der Waals surface area contributed by atoms with E-state index < -0.39 is 0 Å². The lowest BCUT2D eigenvalue weighted by Gasteiger charge is -2.18. The van der Waals surface area contributed by atoms with Crippen LogP contribution in [0.25, 0.3) is 56.0 Å². The van der Waals surface area contributed by atoms with Crippen LogP contribution in [0.4, 0.5) is 0 Å². The van der Waals surface area contributed by atoms with Crippen LogP contribution in [0.15, 0.2) is 167 Å². The molecule has 0 atom stereocenters. The van der Waals surface area contributed by atoms with E-state index in [0.717, 1.165) is 51.8 Å². The number of fused-ring (bicyclic) bond motifs is 2. The van der Waals surface area contributed by atoms with Gasteiger partial charge in [-0.05, 0) is 135 Å². The van der Waals surface area contributed by atoms with Gasteiger partial charge in [0.15, 0.2) is 11.7 Å². The molecule has 0 amide bonds. The zero-order valence-electron chi connectivity index (χ0n) is 36.3. The second kappa shape index (κ2) is 21.9. The molecule has 0 aromatic heterocycles. The molecule has 0 N–H and O–H groups in total. The molecule has 0 saturated carbocycles. The van der Waals surface area contributed by atoms with E-state index in [1.807, 2.05) is 76.2 Å². The van der Waals surface area contributed by atoms with Gasteiger partial charge in [-0.3, -0.25) is 4.99 Å². The molecule has 7 rings (SSSR count). The average Bonchev–Trinajstić information content (AvgIpc) is 3.30. The summed E-state index contributed by atoms with van der Waals surface area (Å²) in [6.07, 6.45) is 11.0. The third-order valence-electron chi connectivity index (χ3n) is 10.2. The van der Waals surface area contributed by atoms with E-state index >= 15 is 0 Å². The van der Waals surface area contributed by atoms with Crippen molar-refractivity contribution in [3.05, 3.63) is 191 Å². The van der Waals surface area contributed by atoms with Crippen LogP contribution >= 0.6 is 0 Å². The summed E-state index contributed by atoms with van der Waals surface area (Å²) in [5.41, 5.74) is 12.7.